The minimum Gasteiger partial charge on any atom is -0.461 e. The predicted octanol–water partition coefficient (Wildman–Crippen LogP) is 21.1. The Morgan fingerprint density at radius 1 is 0.394 bits per heavy atom. The molecule has 0 saturated carbocycles. The van der Waals surface area contributed by atoms with Gasteiger partial charge < -0.3 is 34.1 Å². The third-order valence-electron chi connectivity index (χ3n) is 16.4. The maximum Gasteiger partial charge on any atom is 0.306 e. The lowest BCUT2D eigenvalue weighted by Crippen LogP contribution is -2.29. The number of nitrogens with one attached hydrogen (secondary N) is 1. The number of thioether (sulfide) groups is 1. The fourth-order valence-corrected chi connectivity index (χ4v) is 11.5. The zero-order valence-electron chi connectivity index (χ0n) is 60.6. The first-order chi connectivity index (χ1) is 46.0. The van der Waals surface area contributed by atoms with Crippen molar-refractivity contribution >= 4 is 40.9 Å². The van der Waals surface area contributed by atoms with Crippen LogP contribution in [-0.2, 0) is 64.1 Å². The van der Waals surface area contributed by atoms with Crippen LogP contribution in [0.3, 0.4) is 0 Å². The van der Waals surface area contributed by atoms with Crippen molar-refractivity contribution in [3.8, 4) is 0 Å². The van der Waals surface area contributed by atoms with Crippen molar-refractivity contribution in [3.63, 3.8) is 0 Å². The van der Waals surface area contributed by atoms with Crippen molar-refractivity contribution in [2.45, 2.75) is 298 Å². The van der Waals surface area contributed by atoms with Crippen molar-refractivity contribution in [2.75, 3.05) is 65.9 Å². The number of nitrogens with zero attached hydrogens (tertiary/aromatic N) is 2. The molecule has 0 aliphatic carbocycles. The van der Waals surface area contributed by atoms with E-state index in [9.17, 15) is 24.0 Å². The maximum absolute atomic E-state index is 13.2. The van der Waals surface area contributed by atoms with Crippen LogP contribution >= 0.6 is 11.8 Å². The largest absolute Gasteiger partial charge is 0.461 e. The summed E-state index contributed by atoms with van der Waals surface area (Å²) in [6, 6.07) is 17.3. The summed E-state index contributed by atoms with van der Waals surface area (Å²) in [6.45, 7) is 14.5. The topological polar surface area (TPSA) is 141 Å². The highest BCUT2D eigenvalue weighted by atomic mass is 32.2. The molecule has 0 unspecified atom stereocenters. The fraction of sp³-hybridized carbons (Fsp3) is 0.691. The van der Waals surface area contributed by atoms with Gasteiger partial charge in [0.15, 0.2) is 0 Å². The standard InChI is InChI=1S/C43H72N2O5S.C38H63NO4/c1-5-7-9-11-13-18-24-34-49-41(46)30-20-16-15-17-23-32-45(43(48)51-36-33-44(3)4)38-40-29-26-28-39(37-40)27-21-22-31-42(47)50-35-25-19-14-12-10-8-6-2;1-3-5-7-9-11-16-22-31-42-37(40)28-18-14-13-15-21-30-39-34-36-27-24-26-35(33-36)25-19-20-29-38(41)43-32-23-17-12-10-8-6-4-2/h18-19,24-26,28-29,37H,5-17,20-23,27,30-36,38H2,1-4H3;16-17,22-24,26-27,33,39H,3-15,18-21,25,28-32,34H2,1-2H3/b24-18-,25-19-;22-16-,23-17-. The van der Waals surface area contributed by atoms with Crippen LogP contribution in [0.15, 0.2) is 97.1 Å². The molecule has 0 bridgehead atoms. The number of unbranched alkanes of at least 4 members (excludes halogenated alkanes) is 26. The Balaban J connectivity index is 0.000000954. The number of carbonyl (C=O) groups excluding carboxylic acids is 5. The average molecular weight is 1330 g/mol. The van der Waals surface area contributed by atoms with Crippen LogP contribution in [-0.4, -0.2) is 105 Å². The van der Waals surface area contributed by atoms with Crippen LogP contribution < -0.4 is 5.32 Å². The van der Waals surface area contributed by atoms with Gasteiger partial charge in [-0.05, 0) is 158 Å². The zero-order valence-corrected chi connectivity index (χ0v) is 61.4. The molecule has 1 amide bonds. The van der Waals surface area contributed by atoms with E-state index in [0.717, 1.165) is 159 Å². The molecule has 0 saturated heterocycles. The summed E-state index contributed by atoms with van der Waals surface area (Å²) in [5, 5.41) is 3.69. The molecule has 2 aromatic rings. The highest BCUT2D eigenvalue weighted by Crippen LogP contribution is 2.19. The Hall–Kier alpha value is -4.98. The molecule has 0 atom stereocenters. The van der Waals surface area contributed by atoms with Crippen molar-refractivity contribution in [2.24, 2.45) is 0 Å². The van der Waals surface area contributed by atoms with E-state index in [2.05, 4.69) is 111 Å². The second-order valence-electron chi connectivity index (χ2n) is 25.6. The summed E-state index contributed by atoms with van der Waals surface area (Å²) in [7, 11) is 4.05. The number of carbonyl (C=O) groups is 5. The van der Waals surface area contributed by atoms with Gasteiger partial charge in [0.1, 0.15) is 26.4 Å². The van der Waals surface area contributed by atoms with Gasteiger partial charge in [0, 0.05) is 57.6 Å². The van der Waals surface area contributed by atoms with Gasteiger partial charge >= 0.3 is 23.9 Å². The van der Waals surface area contributed by atoms with Crippen molar-refractivity contribution < 1.29 is 42.9 Å². The minimum atomic E-state index is -0.130. The lowest BCUT2D eigenvalue weighted by Gasteiger charge is -2.23. The van der Waals surface area contributed by atoms with E-state index in [-0.39, 0.29) is 29.1 Å². The lowest BCUT2D eigenvalue weighted by molar-refractivity contribution is -0.143. The van der Waals surface area contributed by atoms with E-state index in [1.54, 1.807) is 0 Å². The molecule has 0 aliphatic rings. The van der Waals surface area contributed by atoms with Crippen LogP contribution in [0.1, 0.15) is 294 Å². The van der Waals surface area contributed by atoms with E-state index in [4.69, 9.17) is 18.9 Å². The highest BCUT2D eigenvalue weighted by molar-refractivity contribution is 8.13. The van der Waals surface area contributed by atoms with E-state index >= 15 is 0 Å². The highest BCUT2D eigenvalue weighted by Gasteiger charge is 2.16. The van der Waals surface area contributed by atoms with Crippen molar-refractivity contribution in [3.05, 3.63) is 119 Å². The molecule has 2 rings (SSSR count). The molecule has 0 fully saturated rings. The molecule has 0 aromatic heterocycles. The summed E-state index contributed by atoms with van der Waals surface area (Å²) in [4.78, 5) is 65.3. The quantitative estimate of drug-likeness (QED) is 0.0292. The summed E-state index contributed by atoms with van der Waals surface area (Å²) < 4.78 is 21.3. The van der Waals surface area contributed by atoms with Gasteiger partial charge in [-0.1, -0.05) is 252 Å². The maximum atomic E-state index is 13.2. The molecular formula is C81H135N3O9S. The van der Waals surface area contributed by atoms with E-state index in [1.165, 1.54) is 138 Å². The second kappa shape index (κ2) is 66.6. The molecule has 0 aliphatic heterocycles. The first-order valence-electron chi connectivity index (χ1n) is 37.7. The summed E-state index contributed by atoms with van der Waals surface area (Å²) in [5.41, 5.74) is 5.01. The van der Waals surface area contributed by atoms with Gasteiger partial charge in [0.25, 0.3) is 5.24 Å². The number of rotatable bonds is 61. The molecular weight excluding hydrogens is 1190 g/mol. The number of benzene rings is 2. The van der Waals surface area contributed by atoms with Gasteiger partial charge in [-0.3, -0.25) is 24.0 Å². The molecule has 12 nitrogen and oxygen atoms in total. The van der Waals surface area contributed by atoms with E-state index in [0.29, 0.717) is 58.7 Å². The number of allylic oxidation sites excluding steroid dienone is 4. The van der Waals surface area contributed by atoms with E-state index < -0.39 is 0 Å². The van der Waals surface area contributed by atoms with Crippen LogP contribution in [0.4, 0.5) is 4.79 Å². The van der Waals surface area contributed by atoms with Crippen LogP contribution in [0.2, 0.25) is 0 Å². The van der Waals surface area contributed by atoms with E-state index in [1.807, 2.05) is 43.3 Å². The Morgan fingerprint density at radius 3 is 1.16 bits per heavy atom. The van der Waals surface area contributed by atoms with Crippen LogP contribution in [0, 0.1) is 0 Å². The molecule has 534 valence electrons. The smallest absolute Gasteiger partial charge is 0.306 e. The van der Waals surface area contributed by atoms with Gasteiger partial charge in [-0.25, -0.2) is 0 Å². The van der Waals surface area contributed by atoms with Crippen molar-refractivity contribution in [1.29, 1.82) is 0 Å². The Kier molecular flexibility index (Phi) is 61.7. The number of esters is 4. The average Bonchev–Trinajstić information content (AvgIpc) is 2.99. The SMILES string of the molecule is CCCCCC/C=C\COC(=O)CCCCCCCN(Cc1cccc(CCCCC(=O)OC/C=C\CCCCCC)c1)C(=O)SCCN(C)C.CCCCCC/C=C\COC(=O)CCCCCCCNCc1cccc(CCCCC(=O)OC/C=C\CCCCCC)c1. The second-order valence-corrected chi connectivity index (χ2v) is 26.7. The van der Waals surface area contributed by atoms with Gasteiger partial charge in [-0.2, -0.15) is 0 Å². The zero-order chi connectivity index (χ0) is 68.3. The Bertz CT molecular complexity index is 2260. The minimum absolute atomic E-state index is 0.0752. The number of hydrogen-bond donors (Lipinski definition) is 1. The molecule has 2 aromatic carbocycles. The molecule has 94 heavy (non-hydrogen) atoms. The third kappa shape index (κ3) is 58.4. The van der Waals surface area contributed by atoms with Gasteiger partial charge in [-0.15, -0.1) is 0 Å². The first kappa shape index (κ1) is 87.0. The van der Waals surface area contributed by atoms with Crippen LogP contribution in [0.25, 0.3) is 0 Å². The third-order valence-corrected chi connectivity index (χ3v) is 17.3. The Morgan fingerprint density at radius 2 is 0.745 bits per heavy atom. The number of aryl methyl sites for hydroxylation is 2. The van der Waals surface area contributed by atoms with Gasteiger partial charge in [0.05, 0.1) is 0 Å². The molecule has 0 heterocycles. The normalized spacial score (nSPS) is 11.5. The number of ether oxygens (including phenoxy) is 4. The summed E-state index contributed by atoms with van der Waals surface area (Å²) in [6.07, 6.45) is 58.4. The summed E-state index contributed by atoms with van der Waals surface area (Å²) >= 11 is 1.40. The van der Waals surface area contributed by atoms with Crippen LogP contribution in [0.5, 0.6) is 0 Å². The molecule has 0 radical (unpaired) electrons. The molecule has 1 N–H and O–H groups in total. The lowest BCUT2D eigenvalue weighted by atomic mass is 10.0. The monoisotopic (exact) mass is 1330 g/mol. The molecule has 13 heteroatoms. The predicted molar refractivity (Wildman–Crippen MR) is 397 cm³/mol. The number of hydrogen-bond acceptors (Lipinski definition) is 12. The summed E-state index contributed by atoms with van der Waals surface area (Å²) in [5.74, 6) is 0.352. The molecule has 0 spiro atoms. The van der Waals surface area contributed by atoms with Gasteiger partial charge in [0.2, 0.25) is 0 Å². The first-order valence-corrected chi connectivity index (χ1v) is 38.6. The Labute approximate surface area is 578 Å². The fourth-order valence-electron chi connectivity index (χ4n) is 10.6. The number of amides is 1. The van der Waals surface area contributed by atoms with Crippen molar-refractivity contribution in [1.82, 2.24) is 15.1 Å².